The monoisotopic (exact) mass is 305 g/mol. The quantitative estimate of drug-likeness (QED) is 0.382. The van der Waals surface area contributed by atoms with Gasteiger partial charge in [0, 0.05) is 6.07 Å². The van der Waals surface area contributed by atoms with Gasteiger partial charge in [0.05, 0.1) is 13.2 Å². The minimum atomic E-state index is 0.790. The second-order valence-electron chi connectivity index (χ2n) is 5.91. The zero-order valence-corrected chi connectivity index (χ0v) is 14.5. The summed E-state index contributed by atoms with van der Waals surface area (Å²) in [5.74, 6) is 1.72. The number of ether oxygens (including phenoxy) is 2. The van der Waals surface area contributed by atoms with Gasteiger partial charge in [0.2, 0.25) is 0 Å². The van der Waals surface area contributed by atoms with Gasteiger partial charge in [-0.1, -0.05) is 65.2 Å². The lowest BCUT2D eigenvalue weighted by molar-refractivity contribution is 0.296. The van der Waals surface area contributed by atoms with Crippen LogP contribution in [0.5, 0.6) is 11.5 Å². The average molecular weight is 305 g/mol. The summed E-state index contributed by atoms with van der Waals surface area (Å²) >= 11 is 0. The van der Waals surface area contributed by atoms with E-state index >= 15 is 0 Å². The highest BCUT2D eigenvalue weighted by molar-refractivity contribution is 5.29. The lowest BCUT2D eigenvalue weighted by Crippen LogP contribution is -1.99. The van der Waals surface area contributed by atoms with Crippen molar-refractivity contribution in [3.63, 3.8) is 0 Å². The Bertz CT molecular complexity index is 310. The predicted molar refractivity (Wildman–Crippen MR) is 93.8 cm³/mol. The first-order valence-corrected chi connectivity index (χ1v) is 9.14. The van der Waals surface area contributed by atoms with Crippen LogP contribution in [-0.4, -0.2) is 13.2 Å². The van der Waals surface area contributed by atoms with E-state index in [9.17, 15) is 0 Å². The summed E-state index contributed by atoms with van der Waals surface area (Å²) in [5, 5.41) is 0. The molecule has 0 aromatic heterocycles. The van der Waals surface area contributed by atoms with E-state index in [-0.39, 0.29) is 0 Å². The second-order valence-corrected chi connectivity index (χ2v) is 5.91. The van der Waals surface area contributed by atoms with E-state index in [0.717, 1.165) is 37.6 Å². The van der Waals surface area contributed by atoms with Crippen LogP contribution in [0.4, 0.5) is 0 Å². The first kappa shape index (κ1) is 18.9. The van der Waals surface area contributed by atoms with Gasteiger partial charge in [-0.3, -0.25) is 0 Å². The van der Waals surface area contributed by atoms with Crippen LogP contribution >= 0.6 is 0 Å². The molecule has 1 aromatic rings. The molecule has 0 spiro atoms. The maximum absolute atomic E-state index is 5.72. The van der Waals surface area contributed by atoms with Gasteiger partial charge < -0.3 is 9.47 Å². The molecule has 1 radical (unpaired) electrons. The van der Waals surface area contributed by atoms with E-state index in [0.29, 0.717) is 0 Å². The van der Waals surface area contributed by atoms with Crippen molar-refractivity contribution in [2.45, 2.75) is 78.1 Å². The van der Waals surface area contributed by atoms with Crippen molar-refractivity contribution in [1.29, 1.82) is 0 Å². The maximum Gasteiger partial charge on any atom is 0.127 e. The van der Waals surface area contributed by atoms with Gasteiger partial charge in [0.1, 0.15) is 11.5 Å². The van der Waals surface area contributed by atoms with E-state index in [1.165, 1.54) is 51.4 Å². The molecule has 0 heterocycles. The van der Waals surface area contributed by atoms with Crippen LogP contribution < -0.4 is 9.47 Å². The van der Waals surface area contributed by atoms with Crippen LogP contribution in [0.1, 0.15) is 78.1 Å². The van der Waals surface area contributed by atoms with Crippen LogP contribution in [0.3, 0.4) is 0 Å². The van der Waals surface area contributed by atoms with E-state index < -0.39 is 0 Å². The largest absolute Gasteiger partial charge is 0.494 e. The number of hydrogen-bond donors (Lipinski definition) is 0. The Kier molecular flexibility index (Phi) is 11.6. The molecule has 0 fully saturated rings. The Balaban J connectivity index is 2.07. The minimum absolute atomic E-state index is 0.790. The Labute approximate surface area is 137 Å². The van der Waals surface area contributed by atoms with E-state index in [4.69, 9.17) is 9.47 Å². The predicted octanol–water partition coefficient (Wildman–Crippen LogP) is 6.19. The topological polar surface area (TPSA) is 18.5 Å². The summed E-state index contributed by atoms with van der Waals surface area (Å²) in [6.07, 6.45) is 12.6. The number of unbranched alkanes of at least 4 members (excludes halogenated alkanes) is 8. The first-order valence-electron chi connectivity index (χ1n) is 9.14. The minimum Gasteiger partial charge on any atom is -0.494 e. The molecule has 1 aromatic carbocycles. The third-order valence-corrected chi connectivity index (χ3v) is 3.78. The Morgan fingerprint density at radius 2 is 1.32 bits per heavy atom. The van der Waals surface area contributed by atoms with Gasteiger partial charge in [0.25, 0.3) is 0 Å². The summed E-state index contributed by atoms with van der Waals surface area (Å²) in [6.45, 7) is 6.06. The molecular weight excluding hydrogens is 272 g/mol. The molecule has 2 heteroatoms. The number of hydrogen-bond acceptors (Lipinski definition) is 2. The molecule has 0 saturated carbocycles. The maximum atomic E-state index is 5.72. The molecule has 0 atom stereocenters. The van der Waals surface area contributed by atoms with Crippen LogP contribution in [0.2, 0.25) is 0 Å². The lowest BCUT2D eigenvalue weighted by Gasteiger charge is -2.08. The molecule has 0 aliphatic carbocycles. The molecule has 22 heavy (non-hydrogen) atoms. The Morgan fingerprint density at radius 3 is 1.86 bits per heavy atom. The van der Waals surface area contributed by atoms with Crippen molar-refractivity contribution in [2.24, 2.45) is 0 Å². The summed E-state index contributed by atoms with van der Waals surface area (Å²) in [7, 11) is 0. The molecule has 2 nitrogen and oxygen atoms in total. The van der Waals surface area contributed by atoms with E-state index in [1.807, 2.05) is 18.2 Å². The zero-order valence-electron chi connectivity index (χ0n) is 14.5. The molecule has 0 N–H and O–H groups in total. The Hall–Kier alpha value is -1.18. The highest BCUT2D eigenvalue weighted by Crippen LogP contribution is 2.18. The summed E-state index contributed by atoms with van der Waals surface area (Å²) in [6, 6.07) is 8.98. The Morgan fingerprint density at radius 1 is 0.727 bits per heavy atom. The summed E-state index contributed by atoms with van der Waals surface area (Å²) in [5.41, 5.74) is 0. The van der Waals surface area contributed by atoms with Crippen LogP contribution in [0.25, 0.3) is 0 Å². The molecule has 0 amide bonds. The smallest absolute Gasteiger partial charge is 0.127 e. The molecular formula is C20H33O2. The normalized spacial score (nSPS) is 10.6. The molecule has 0 unspecified atom stereocenters. The van der Waals surface area contributed by atoms with Crippen molar-refractivity contribution < 1.29 is 9.47 Å². The molecule has 0 aliphatic heterocycles. The standard InChI is InChI=1S/C20H33O2/c1-3-5-7-9-11-17-21-19-13-15-20(16-14-19)22-18-12-10-8-6-4-2/h13-15H,3-12,17-18H2,1-2H3. The van der Waals surface area contributed by atoms with Crippen molar-refractivity contribution >= 4 is 0 Å². The van der Waals surface area contributed by atoms with Crippen LogP contribution in [0, 0.1) is 6.07 Å². The molecule has 0 aliphatic rings. The van der Waals surface area contributed by atoms with Gasteiger partial charge in [-0.15, -0.1) is 0 Å². The van der Waals surface area contributed by atoms with Crippen molar-refractivity contribution in [3.05, 3.63) is 24.3 Å². The molecule has 0 bridgehead atoms. The number of benzene rings is 1. The summed E-state index contributed by atoms with van der Waals surface area (Å²) < 4.78 is 11.4. The highest BCUT2D eigenvalue weighted by Gasteiger charge is 1.98. The zero-order chi connectivity index (χ0) is 15.9. The molecule has 125 valence electrons. The fourth-order valence-electron chi connectivity index (χ4n) is 2.36. The van der Waals surface area contributed by atoms with Gasteiger partial charge >= 0.3 is 0 Å². The van der Waals surface area contributed by atoms with Gasteiger partial charge in [0.15, 0.2) is 0 Å². The van der Waals surface area contributed by atoms with Gasteiger partial charge in [-0.25, -0.2) is 0 Å². The van der Waals surface area contributed by atoms with Gasteiger partial charge in [-0.05, 0) is 31.0 Å². The van der Waals surface area contributed by atoms with Gasteiger partial charge in [-0.2, -0.15) is 0 Å². The van der Waals surface area contributed by atoms with Crippen molar-refractivity contribution in [1.82, 2.24) is 0 Å². The van der Waals surface area contributed by atoms with Crippen molar-refractivity contribution in [2.75, 3.05) is 13.2 Å². The number of rotatable bonds is 14. The lowest BCUT2D eigenvalue weighted by atomic mass is 10.2. The van der Waals surface area contributed by atoms with Crippen LogP contribution in [0.15, 0.2) is 18.2 Å². The molecule has 1 rings (SSSR count). The third kappa shape index (κ3) is 9.70. The van der Waals surface area contributed by atoms with E-state index in [2.05, 4.69) is 19.9 Å². The average Bonchev–Trinajstić information content (AvgIpc) is 2.55. The SMILES string of the molecule is CCCCCCCOc1[c]cc(OCCCCCCC)cc1. The fourth-order valence-corrected chi connectivity index (χ4v) is 2.36. The highest BCUT2D eigenvalue weighted by atomic mass is 16.5. The van der Waals surface area contributed by atoms with Crippen LogP contribution in [-0.2, 0) is 0 Å². The molecule has 0 saturated heterocycles. The first-order chi connectivity index (χ1) is 10.9. The van der Waals surface area contributed by atoms with E-state index in [1.54, 1.807) is 0 Å². The second kappa shape index (κ2) is 13.5. The van der Waals surface area contributed by atoms with Crippen molar-refractivity contribution in [3.8, 4) is 11.5 Å². The summed E-state index contributed by atoms with van der Waals surface area (Å²) in [4.78, 5) is 0. The fraction of sp³-hybridized carbons (Fsp3) is 0.700. The third-order valence-electron chi connectivity index (χ3n) is 3.78.